The third-order valence-corrected chi connectivity index (χ3v) is 4.82. The molecule has 1 nitrogen and oxygen atoms in total. The summed E-state index contributed by atoms with van der Waals surface area (Å²) in [4.78, 5) is 0. The van der Waals surface area contributed by atoms with Crippen molar-refractivity contribution in [3.8, 4) is 0 Å². The van der Waals surface area contributed by atoms with Gasteiger partial charge in [0.2, 0.25) is 0 Å². The molecule has 0 heterocycles. The lowest BCUT2D eigenvalue weighted by Gasteiger charge is -2.19. The van der Waals surface area contributed by atoms with Gasteiger partial charge in [0, 0.05) is 6.04 Å². The third kappa shape index (κ3) is 5.42. The van der Waals surface area contributed by atoms with E-state index in [4.69, 9.17) is 0 Å². The highest BCUT2D eigenvalue weighted by Gasteiger charge is 2.14. The van der Waals surface area contributed by atoms with Crippen molar-refractivity contribution >= 4 is 0 Å². The summed E-state index contributed by atoms with van der Waals surface area (Å²) in [6, 6.07) is 0.850. The van der Waals surface area contributed by atoms with Gasteiger partial charge in [-0.05, 0) is 31.7 Å². The first-order chi connectivity index (χ1) is 8.45. The van der Waals surface area contributed by atoms with Gasteiger partial charge in [0.1, 0.15) is 0 Å². The lowest BCUT2D eigenvalue weighted by atomic mass is 9.96. The zero-order valence-corrected chi connectivity index (χ0v) is 11.6. The van der Waals surface area contributed by atoms with E-state index in [-0.39, 0.29) is 0 Å². The van der Waals surface area contributed by atoms with Gasteiger partial charge < -0.3 is 5.32 Å². The van der Waals surface area contributed by atoms with Gasteiger partial charge in [0.25, 0.3) is 0 Å². The molecule has 0 radical (unpaired) electrons. The fourth-order valence-electron chi connectivity index (χ4n) is 3.63. The van der Waals surface area contributed by atoms with Crippen LogP contribution in [0.4, 0.5) is 0 Å². The summed E-state index contributed by atoms with van der Waals surface area (Å²) >= 11 is 0. The highest BCUT2D eigenvalue weighted by Crippen LogP contribution is 2.25. The van der Waals surface area contributed by atoms with E-state index < -0.39 is 0 Å². The standard InChI is InChI=1S/C16H31N/c1-2-6-10-15(9-5-1)13-14-17-16-11-7-3-4-8-12-16/h15-17H,1-14H2. The molecule has 0 aromatic rings. The van der Waals surface area contributed by atoms with E-state index in [9.17, 15) is 0 Å². The second-order valence-corrected chi connectivity index (χ2v) is 6.29. The summed E-state index contributed by atoms with van der Waals surface area (Å²) in [5, 5.41) is 3.83. The van der Waals surface area contributed by atoms with Crippen LogP contribution in [-0.4, -0.2) is 12.6 Å². The summed E-state index contributed by atoms with van der Waals surface area (Å²) in [6.45, 7) is 1.29. The minimum absolute atomic E-state index is 0.850. The van der Waals surface area contributed by atoms with Crippen molar-refractivity contribution in [2.75, 3.05) is 6.54 Å². The highest BCUT2D eigenvalue weighted by molar-refractivity contribution is 4.72. The Balaban J connectivity index is 1.57. The summed E-state index contributed by atoms with van der Waals surface area (Å²) in [6.07, 6.45) is 19.2. The molecule has 1 heteroatoms. The molecule has 1 N–H and O–H groups in total. The molecule has 0 saturated heterocycles. The zero-order valence-electron chi connectivity index (χ0n) is 11.6. The van der Waals surface area contributed by atoms with Crippen molar-refractivity contribution in [2.45, 2.75) is 89.5 Å². The summed E-state index contributed by atoms with van der Waals surface area (Å²) < 4.78 is 0. The first-order valence-corrected chi connectivity index (χ1v) is 8.18. The quantitative estimate of drug-likeness (QED) is 0.701. The number of hydrogen-bond acceptors (Lipinski definition) is 1. The number of hydrogen-bond donors (Lipinski definition) is 1. The lowest BCUT2D eigenvalue weighted by molar-refractivity contribution is 0.383. The largest absolute Gasteiger partial charge is 0.314 e. The molecule has 17 heavy (non-hydrogen) atoms. The van der Waals surface area contributed by atoms with Gasteiger partial charge in [-0.3, -0.25) is 0 Å². The molecule has 2 fully saturated rings. The van der Waals surface area contributed by atoms with E-state index in [0.29, 0.717) is 0 Å². The maximum atomic E-state index is 3.83. The molecule has 0 spiro atoms. The highest BCUT2D eigenvalue weighted by atomic mass is 14.9. The predicted octanol–water partition coefficient (Wildman–Crippen LogP) is 4.66. The fourth-order valence-corrected chi connectivity index (χ4v) is 3.63. The van der Waals surface area contributed by atoms with E-state index >= 15 is 0 Å². The minimum atomic E-state index is 0.850. The van der Waals surface area contributed by atoms with Gasteiger partial charge in [0.15, 0.2) is 0 Å². The molecule has 0 bridgehead atoms. The molecule has 2 aliphatic rings. The Labute approximate surface area is 108 Å². The van der Waals surface area contributed by atoms with Crippen molar-refractivity contribution in [1.82, 2.24) is 5.32 Å². The molecule has 0 atom stereocenters. The van der Waals surface area contributed by atoms with E-state index in [0.717, 1.165) is 12.0 Å². The lowest BCUT2D eigenvalue weighted by Crippen LogP contribution is -2.30. The van der Waals surface area contributed by atoms with Crippen LogP contribution in [0, 0.1) is 5.92 Å². The second-order valence-electron chi connectivity index (χ2n) is 6.29. The summed E-state index contributed by atoms with van der Waals surface area (Å²) in [5.41, 5.74) is 0. The topological polar surface area (TPSA) is 12.0 Å². The van der Waals surface area contributed by atoms with Crippen LogP contribution in [0.5, 0.6) is 0 Å². The van der Waals surface area contributed by atoms with Crippen LogP contribution in [0.3, 0.4) is 0 Å². The van der Waals surface area contributed by atoms with Gasteiger partial charge in [-0.2, -0.15) is 0 Å². The van der Waals surface area contributed by atoms with Crippen LogP contribution in [0.2, 0.25) is 0 Å². The smallest absolute Gasteiger partial charge is 0.00670 e. The molecule has 100 valence electrons. The van der Waals surface area contributed by atoms with Crippen molar-refractivity contribution in [1.29, 1.82) is 0 Å². The first kappa shape index (κ1) is 13.4. The number of nitrogens with one attached hydrogen (secondary N) is 1. The van der Waals surface area contributed by atoms with Crippen LogP contribution in [0.25, 0.3) is 0 Å². The molecule has 0 aromatic carbocycles. The molecular weight excluding hydrogens is 206 g/mol. The van der Waals surface area contributed by atoms with Gasteiger partial charge in [-0.15, -0.1) is 0 Å². The van der Waals surface area contributed by atoms with Crippen LogP contribution < -0.4 is 5.32 Å². The predicted molar refractivity (Wildman–Crippen MR) is 75.3 cm³/mol. The summed E-state index contributed by atoms with van der Waals surface area (Å²) in [7, 11) is 0. The Hall–Kier alpha value is -0.0400. The van der Waals surface area contributed by atoms with E-state index in [1.807, 2.05) is 0 Å². The van der Waals surface area contributed by atoms with Crippen LogP contribution in [0.1, 0.15) is 83.5 Å². The molecule has 2 aliphatic carbocycles. The van der Waals surface area contributed by atoms with Gasteiger partial charge in [-0.25, -0.2) is 0 Å². The molecule has 0 aliphatic heterocycles. The monoisotopic (exact) mass is 237 g/mol. The molecule has 0 amide bonds. The van der Waals surface area contributed by atoms with Gasteiger partial charge >= 0.3 is 0 Å². The molecule has 2 saturated carbocycles. The average Bonchev–Trinajstić information content (AvgIpc) is 2.73. The molecule has 0 aromatic heterocycles. The van der Waals surface area contributed by atoms with Crippen LogP contribution in [0.15, 0.2) is 0 Å². The van der Waals surface area contributed by atoms with Crippen LogP contribution in [-0.2, 0) is 0 Å². The van der Waals surface area contributed by atoms with E-state index in [2.05, 4.69) is 5.32 Å². The van der Waals surface area contributed by atoms with E-state index in [1.54, 1.807) is 0 Å². The maximum Gasteiger partial charge on any atom is 0.00670 e. The fraction of sp³-hybridized carbons (Fsp3) is 1.00. The minimum Gasteiger partial charge on any atom is -0.314 e. The normalized spacial score (nSPS) is 25.4. The van der Waals surface area contributed by atoms with Gasteiger partial charge in [-0.1, -0.05) is 64.2 Å². The second kappa shape index (κ2) is 8.13. The maximum absolute atomic E-state index is 3.83. The molecular formula is C16H31N. The third-order valence-electron chi connectivity index (χ3n) is 4.82. The average molecular weight is 237 g/mol. The van der Waals surface area contributed by atoms with Crippen molar-refractivity contribution in [3.05, 3.63) is 0 Å². The Bertz CT molecular complexity index is 154. The van der Waals surface area contributed by atoms with E-state index in [1.165, 1.54) is 90.0 Å². The number of rotatable bonds is 4. The first-order valence-electron chi connectivity index (χ1n) is 8.18. The Kier molecular flexibility index (Phi) is 6.41. The Morgan fingerprint density at radius 2 is 1.18 bits per heavy atom. The Morgan fingerprint density at radius 1 is 0.647 bits per heavy atom. The van der Waals surface area contributed by atoms with Crippen molar-refractivity contribution < 1.29 is 0 Å². The summed E-state index contributed by atoms with van der Waals surface area (Å²) in [5.74, 6) is 1.04. The molecule has 0 unspecified atom stereocenters. The van der Waals surface area contributed by atoms with Gasteiger partial charge in [0.05, 0.1) is 0 Å². The van der Waals surface area contributed by atoms with Crippen molar-refractivity contribution in [3.63, 3.8) is 0 Å². The van der Waals surface area contributed by atoms with Crippen LogP contribution >= 0.6 is 0 Å². The Morgan fingerprint density at radius 3 is 1.76 bits per heavy atom. The van der Waals surface area contributed by atoms with Crippen molar-refractivity contribution in [2.24, 2.45) is 5.92 Å². The SMILES string of the molecule is C1CCCC(CCNC2CCCCCC2)CC1. The molecule has 2 rings (SSSR count). The zero-order chi connectivity index (χ0) is 11.8.